The molecular formula is C13H17NO2S. The van der Waals surface area contributed by atoms with E-state index in [1.54, 1.807) is 24.3 Å². The second kappa shape index (κ2) is 4.10. The first-order chi connectivity index (χ1) is 8.19. The van der Waals surface area contributed by atoms with Gasteiger partial charge >= 0.3 is 0 Å². The lowest BCUT2D eigenvalue weighted by Gasteiger charge is -2.18. The summed E-state index contributed by atoms with van der Waals surface area (Å²) < 4.78 is 25.0. The van der Waals surface area contributed by atoms with E-state index >= 15 is 0 Å². The molecular weight excluding hydrogens is 234 g/mol. The minimum atomic E-state index is -3.20. The van der Waals surface area contributed by atoms with Crippen LogP contribution in [0.5, 0.6) is 0 Å². The van der Waals surface area contributed by atoms with Crippen LogP contribution in [0.15, 0.2) is 35.2 Å². The van der Waals surface area contributed by atoms with Crippen LogP contribution >= 0.6 is 0 Å². The third kappa shape index (κ3) is 1.79. The van der Waals surface area contributed by atoms with Crippen molar-refractivity contribution in [3.05, 3.63) is 30.3 Å². The van der Waals surface area contributed by atoms with E-state index in [-0.39, 0.29) is 5.37 Å². The number of rotatable bonds is 2. The standard InChI is InChI=1S/C13H17NO2S/c15-17(16,11-6-2-1-3-7-11)13-12-8-4-5-10(12)9-14-13/h1-3,6-7,10,12-14H,4-5,8-9H2. The molecule has 0 bridgehead atoms. The molecule has 1 heterocycles. The van der Waals surface area contributed by atoms with Crippen LogP contribution in [-0.4, -0.2) is 20.3 Å². The van der Waals surface area contributed by atoms with E-state index in [9.17, 15) is 8.42 Å². The molecule has 1 aliphatic carbocycles. The highest BCUT2D eigenvalue weighted by atomic mass is 32.2. The third-order valence-corrected chi connectivity index (χ3v) is 6.21. The van der Waals surface area contributed by atoms with Crippen LogP contribution in [-0.2, 0) is 9.84 Å². The van der Waals surface area contributed by atoms with Gasteiger partial charge in [-0.3, -0.25) is 0 Å². The fourth-order valence-electron chi connectivity index (χ4n) is 3.23. The summed E-state index contributed by atoms with van der Waals surface area (Å²) in [5.74, 6) is 0.888. The summed E-state index contributed by atoms with van der Waals surface area (Å²) in [7, 11) is -3.20. The monoisotopic (exact) mass is 251 g/mol. The predicted octanol–water partition coefficient (Wildman–Crippen LogP) is 1.81. The van der Waals surface area contributed by atoms with Crippen molar-refractivity contribution in [2.75, 3.05) is 6.54 Å². The number of benzene rings is 1. The van der Waals surface area contributed by atoms with E-state index in [0.29, 0.717) is 16.7 Å². The summed E-state index contributed by atoms with van der Waals surface area (Å²) in [6.07, 6.45) is 3.41. The van der Waals surface area contributed by atoms with Gasteiger partial charge in [-0.2, -0.15) is 0 Å². The van der Waals surface area contributed by atoms with Crippen LogP contribution in [0.3, 0.4) is 0 Å². The van der Waals surface area contributed by atoms with Crippen molar-refractivity contribution >= 4 is 9.84 Å². The summed E-state index contributed by atoms with van der Waals surface area (Å²) in [6.45, 7) is 0.862. The van der Waals surface area contributed by atoms with Gasteiger partial charge in [-0.05, 0) is 43.4 Å². The van der Waals surface area contributed by atoms with Crippen molar-refractivity contribution in [2.24, 2.45) is 11.8 Å². The molecule has 3 nitrogen and oxygen atoms in total. The Morgan fingerprint density at radius 1 is 1.12 bits per heavy atom. The van der Waals surface area contributed by atoms with Crippen molar-refractivity contribution in [2.45, 2.75) is 29.5 Å². The topological polar surface area (TPSA) is 46.2 Å². The molecule has 17 heavy (non-hydrogen) atoms. The Balaban J connectivity index is 1.94. The van der Waals surface area contributed by atoms with Gasteiger partial charge in [0.15, 0.2) is 9.84 Å². The number of sulfone groups is 1. The molecule has 0 radical (unpaired) electrons. The highest BCUT2D eigenvalue weighted by Gasteiger charge is 2.45. The fraction of sp³-hybridized carbons (Fsp3) is 0.538. The zero-order valence-electron chi connectivity index (χ0n) is 9.67. The van der Waals surface area contributed by atoms with Gasteiger partial charge in [-0.25, -0.2) is 8.42 Å². The average Bonchev–Trinajstić information content (AvgIpc) is 2.91. The van der Waals surface area contributed by atoms with Crippen molar-refractivity contribution in [3.8, 4) is 0 Å². The summed E-state index contributed by atoms with van der Waals surface area (Å²) in [6, 6.07) is 8.81. The van der Waals surface area contributed by atoms with E-state index < -0.39 is 9.84 Å². The SMILES string of the molecule is O=S(=O)(c1ccccc1)C1NCC2CCCC21. The third-order valence-electron chi connectivity index (χ3n) is 4.09. The molecule has 2 fully saturated rings. The maximum absolute atomic E-state index is 12.5. The van der Waals surface area contributed by atoms with E-state index in [2.05, 4.69) is 5.32 Å². The van der Waals surface area contributed by atoms with Gasteiger partial charge < -0.3 is 5.32 Å². The maximum atomic E-state index is 12.5. The van der Waals surface area contributed by atoms with E-state index in [0.717, 1.165) is 13.0 Å². The maximum Gasteiger partial charge on any atom is 0.194 e. The highest BCUT2D eigenvalue weighted by molar-refractivity contribution is 7.92. The highest BCUT2D eigenvalue weighted by Crippen LogP contribution is 2.40. The lowest BCUT2D eigenvalue weighted by atomic mass is 10.0. The second-order valence-corrected chi connectivity index (χ2v) is 7.11. The lowest BCUT2D eigenvalue weighted by Crippen LogP contribution is -2.35. The molecule has 0 spiro atoms. The molecule has 1 saturated carbocycles. The number of fused-ring (bicyclic) bond motifs is 1. The van der Waals surface area contributed by atoms with E-state index in [1.165, 1.54) is 12.8 Å². The molecule has 0 amide bonds. The van der Waals surface area contributed by atoms with Gasteiger partial charge in [0, 0.05) is 0 Å². The van der Waals surface area contributed by atoms with Gasteiger partial charge in [-0.15, -0.1) is 0 Å². The first kappa shape index (κ1) is 11.2. The normalized spacial score (nSPS) is 32.6. The minimum Gasteiger partial charge on any atom is -0.300 e. The van der Waals surface area contributed by atoms with Crippen LogP contribution in [0.1, 0.15) is 19.3 Å². The fourth-order valence-corrected chi connectivity index (χ4v) is 5.20. The average molecular weight is 251 g/mol. The van der Waals surface area contributed by atoms with Crippen LogP contribution in [0.2, 0.25) is 0 Å². The molecule has 4 heteroatoms. The van der Waals surface area contributed by atoms with Crippen molar-refractivity contribution in [1.29, 1.82) is 0 Å². The molecule has 1 aromatic rings. The quantitative estimate of drug-likeness (QED) is 0.872. The minimum absolute atomic E-state index is 0.320. The van der Waals surface area contributed by atoms with Crippen LogP contribution in [0.4, 0.5) is 0 Å². The second-order valence-electron chi connectivity index (χ2n) is 5.04. The van der Waals surface area contributed by atoms with Crippen molar-refractivity contribution < 1.29 is 8.42 Å². The summed E-state index contributed by atoms with van der Waals surface area (Å²) >= 11 is 0. The largest absolute Gasteiger partial charge is 0.300 e. The number of hydrogen-bond donors (Lipinski definition) is 1. The number of nitrogens with one attached hydrogen (secondary N) is 1. The van der Waals surface area contributed by atoms with Crippen LogP contribution in [0.25, 0.3) is 0 Å². The zero-order valence-corrected chi connectivity index (χ0v) is 10.5. The first-order valence-corrected chi connectivity index (χ1v) is 7.76. The smallest absolute Gasteiger partial charge is 0.194 e. The molecule has 1 aromatic carbocycles. The van der Waals surface area contributed by atoms with Crippen molar-refractivity contribution in [1.82, 2.24) is 5.32 Å². The summed E-state index contributed by atoms with van der Waals surface area (Å²) in [4.78, 5) is 0.449. The molecule has 0 aromatic heterocycles. The Labute approximate surface area is 102 Å². The van der Waals surface area contributed by atoms with E-state index in [4.69, 9.17) is 0 Å². The molecule has 1 N–H and O–H groups in total. The molecule has 1 saturated heterocycles. The van der Waals surface area contributed by atoms with Crippen LogP contribution in [0, 0.1) is 11.8 Å². The molecule has 1 aliphatic heterocycles. The molecule has 2 aliphatic rings. The predicted molar refractivity (Wildman–Crippen MR) is 66.2 cm³/mol. The molecule has 92 valence electrons. The summed E-state index contributed by atoms with van der Waals surface area (Å²) in [5.41, 5.74) is 0. The first-order valence-electron chi connectivity index (χ1n) is 6.22. The Bertz CT molecular complexity index is 497. The van der Waals surface area contributed by atoms with Gasteiger partial charge in [0.25, 0.3) is 0 Å². The Hall–Kier alpha value is -0.870. The van der Waals surface area contributed by atoms with Crippen molar-refractivity contribution in [3.63, 3.8) is 0 Å². The van der Waals surface area contributed by atoms with Gasteiger partial charge in [0.2, 0.25) is 0 Å². The van der Waals surface area contributed by atoms with Gasteiger partial charge in [-0.1, -0.05) is 24.6 Å². The van der Waals surface area contributed by atoms with Gasteiger partial charge in [0.1, 0.15) is 5.37 Å². The number of hydrogen-bond acceptors (Lipinski definition) is 3. The molecule has 3 atom stereocenters. The van der Waals surface area contributed by atoms with Gasteiger partial charge in [0.05, 0.1) is 4.90 Å². The Kier molecular flexibility index (Phi) is 2.71. The molecule has 3 rings (SSSR count). The zero-order chi connectivity index (χ0) is 11.9. The van der Waals surface area contributed by atoms with E-state index in [1.807, 2.05) is 6.07 Å². The Morgan fingerprint density at radius 2 is 1.88 bits per heavy atom. The molecule has 3 unspecified atom stereocenters. The lowest BCUT2D eigenvalue weighted by molar-refractivity contribution is 0.460. The Morgan fingerprint density at radius 3 is 2.65 bits per heavy atom. The summed E-state index contributed by atoms with van der Waals surface area (Å²) in [5, 5.41) is 2.85. The van der Waals surface area contributed by atoms with Crippen LogP contribution < -0.4 is 5.32 Å².